The summed E-state index contributed by atoms with van der Waals surface area (Å²) in [7, 11) is 0. The van der Waals surface area contributed by atoms with E-state index in [4.69, 9.17) is 21.1 Å². The van der Waals surface area contributed by atoms with Crippen LogP contribution in [0.3, 0.4) is 0 Å². The molecular formula is C21H19ClF3N3O4S. The molecule has 0 unspecified atom stereocenters. The molecule has 3 aromatic rings. The fourth-order valence-corrected chi connectivity index (χ4v) is 3.79. The van der Waals surface area contributed by atoms with Crippen molar-refractivity contribution in [3.8, 4) is 17.2 Å². The van der Waals surface area contributed by atoms with Gasteiger partial charge in [0.15, 0.2) is 6.61 Å². The van der Waals surface area contributed by atoms with Crippen LogP contribution in [-0.4, -0.2) is 40.5 Å². The van der Waals surface area contributed by atoms with E-state index >= 15 is 0 Å². The molecule has 1 aromatic heterocycles. The molecule has 0 fully saturated rings. The molecule has 0 spiro atoms. The van der Waals surface area contributed by atoms with Crippen LogP contribution in [0.5, 0.6) is 11.5 Å². The summed E-state index contributed by atoms with van der Waals surface area (Å²) in [5.41, 5.74) is 1.97. The summed E-state index contributed by atoms with van der Waals surface area (Å²) in [4.78, 5) is 12.4. The van der Waals surface area contributed by atoms with Crippen LogP contribution in [0.2, 0.25) is 5.02 Å². The van der Waals surface area contributed by atoms with E-state index in [1.165, 1.54) is 28.6 Å². The fourth-order valence-electron chi connectivity index (χ4n) is 2.70. The number of thioether (sulfide) groups is 1. The smallest absolute Gasteiger partial charge is 0.482 e. The Morgan fingerprint density at radius 3 is 2.61 bits per heavy atom. The van der Waals surface area contributed by atoms with Crippen LogP contribution in [0.1, 0.15) is 18.2 Å². The first-order valence-electron chi connectivity index (χ1n) is 9.63. The Hall–Kier alpha value is -2.92. The molecule has 0 amide bonds. The van der Waals surface area contributed by atoms with E-state index in [1.807, 2.05) is 19.1 Å². The van der Waals surface area contributed by atoms with Crippen LogP contribution in [0.15, 0.2) is 47.5 Å². The van der Waals surface area contributed by atoms with Gasteiger partial charge in [-0.3, -0.25) is 0 Å². The minimum atomic E-state index is -4.83. The number of aromatic nitrogens is 3. The Morgan fingerprint density at radius 1 is 1.18 bits per heavy atom. The zero-order chi connectivity index (χ0) is 24.0. The molecule has 0 radical (unpaired) electrons. The molecule has 33 heavy (non-hydrogen) atoms. The zero-order valence-electron chi connectivity index (χ0n) is 17.6. The van der Waals surface area contributed by atoms with Crippen LogP contribution in [0, 0.1) is 6.92 Å². The van der Waals surface area contributed by atoms with Crippen LogP contribution >= 0.6 is 23.4 Å². The van der Waals surface area contributed by atoms with Gasteiger partial charge >= 0.3 is 12.3 Å². The average molecular weight is 502 g/mol. The fraction of sp³-hybridized carbons (Fsp3) is 0.286. The Balaban J connectivity index is 1.59. The van der Waals surface area contributed by atoms with Crippen molar-refractivity contribution >= 4 is 29.3 Å². The molecule has 0 bridgehead atoms. The summed E-state index contributed by atoms with van der Waals surface area (Å²) in [6.45, 7) is 3.74. The standard InChI is InChI=1S/C21H19ClF3N3O4S/c1-3-30-20(29)11-31-18-7-5-16(8-13(18)2)33-12-14-10-28(27-26-14)15-4-6-19(17(22)9-15)32-21(23,24)25/h4-10H,3,11-12H2,1-2H3. The largest absolute Gasteiger partial charge is 0.573 e. The van der Waals surface area contributed by atoms with E-state index in [2.05, 4.69) is 15.0 Å². The molecule has 1 heterocycles. The number of carbonyl (C=O) groups excluding carboxylic acids is 1. The third-order valence-electron chi connectivity index (χ3n) is 4.13. The summed E-state index contributed by atoms with van der Waals surface area (Å²) in [5.74, 6) is 0.176. The molecule has 2 aromatic carbocycles. The van der Waals surface area contributed by atoms with E-state index in [0.29, 0.717) is 29.5 Å². The van der Waals surface area contributed by atoms with Gasteiger partial charge < -0.3 is 14.2 Å². The predicted molar refractivity (Wildman–Crippen MR) is 116 cm³/mol. The van der Waals surface area contributed by atoms with Gasteiger partial charge in [-0.2, -0.15) is 0 Å². The molecular weight excluding hydrogens is 483 g/mol. The quantitative estimate of drug-likeness (QED) is 0.288. The van der Waals surface area contributed by atoms with Gasteiger partial charge in [0, 0.05) is 10.6 Å². The summed E-state index contributed by atoms with van der Waals surface area (Å²) < 4.78 is 52.7. The average Bonchev–Trinajstić information content (AvgIpc) is 3.21. The topological polar surface area (TPSA) is 75.5 Å². The molecule has 0 saturated heterocycles. The number of rotatable bonds is 9. The first-order chi connectivity index (χ1) is 15.6. The second-order valence-electron chi connectivity index (χ2n) is 6.63. The minimum absolute atomic E-state index is 0.155. The molecule has 3 rings (SSSR count). The van der Waals surface area contributed by atoms with E-state index in [1.54, 1.807) is 19.2 Å². The Bertz CT molecular complexity index is 1120. The second kappa shape index (κ2) is 10.8. The van der Waals surface area contributed by atoms with Crippen molar-refractivity contribution in [1.29, 1.82) is 0 Å². The Labute approximate surface area is 196 Å². The van der Waals surface area contributed by atoms with Crippen molar-refractivity contribution in [2.45, 2.75) is 30.9 Å². The van der Waals surface area contributed by atoms with Gasteiger partial charge in [-0.15, -0.1) is 30.0 Å². The van der Waals surface area contributed by atoms with Crippen LogP contribution in [-0.2, 0) is 15.3 Å². The number of ether oxygens (including phenoxy) is 3. The normalized spacial score (nSPS) is 11.3. The van der Waals surface area contributed by atoms with E-state index in [0.717, 1.165) is 16.5 Å². The Kier molecular flexibility index (Phi) is 8.09. The highest BCUT2D eigenvalue weighted by atomic mass is 35.5. The lowest BCUT2D eigenvalue weighted by Crippen LogP contribution is -2.17. The monoisotopic (exact) mass is 501 g/mol. The molecule has 0 saturated carbocycles. The third-order valence-corrected chi connectivity index (χ3v) is 5.45. The predicted octanol–water partition coefficient (Wildman–Crippen LogP) is 5.36. The summed E-state index contributed by atoms with van der Waals surface area (Å²) in [5, 5.41) is 7.89. The van der Waals surface area contributed by atoms with Crippen molar-refractivity contribution in [3.63, 3.8) is 0 Å². The van der Waals surface area contributed by atoms with Crippen molar-refractivity contribution in [3.05, 3.63) is 58.9 Å². The van der Waals surface area contributed by atoms with Crippen molar-refractivity contribution in [2.75, 3.05) is 13.2 Å². The van der Waals surface area contributed by atoms with E-state index in [-0.39, 0.29) is 11.6 Å². The minimum Gasteiger partial charge on any atom is -0.482 e. The summed E-state index contributed by atoms with van der Waals surface area (Å²) in [6, 6.07) is 9.40. The van der Waals surface area contributed by atoms with E-state index < -0.39 is 18.1 Å². The SMILES string of the molecule is CCOC(=O)COc1ccc(SCc2cn(-c3ccc(OC(F)(F)F)c(Cl)c3)nn2)cc1C. The lowest BCUT2D eigenvalue weighted by molar-refractivity contribution is -0.274. The van der Waals surface area contributed by atoms with Crippen LogP contribution in [0.4, 0.5) is 13.2 Å². The van der Waals surface area contributed by atoms with Gasteiger partial charge in [0.1, 0.15) is 11.5 Å². The third kappa shape index (κ3) is 7.29. The lowest BCUT2D eigenvalue weighted by Gasteiger charge is -2.11. The summed E-state index contributed by atoms with van der Waals surface area (Å²) in [6.07, 6.45) is -3.17. The van der Waals surface area contributed by atoms with Crippen molar-refractivity contribution < 1.29 is 32.2 Å². The molecule has 0 N–H and O–H groups in total. The van der Waals surface area contributed by atoms with Crippen LogP contribution < -0.4 is 9.47 Å². The van der Waals surface area contributed by atoms with E-state index in [9.17, 15) is 18.0 Å². The Morgan fingerprint density at radius 2 is 1.94 bits per heavy atom. The second-order valence-corrected chi connectivity index (χ2v) is 8.08. The number of esters is 1. The molecule has 0 aliphatic carbocycles. The van der Waals surface area contributed by atoms with Gasteiger partial charge in [0.25, 0.3) is 0 Å². The molecule has 12 heteroatoms. The number of hydrogen-bond acceptors (Lipinski definition) is 7. The molecule has 0 atom stereocenters. The molecule has 176 valence electrons. The van der Waals surface area contributed by atoms with Gasteiger partial charge in [-0.05, 0) is 55.8 Å². The maximum atomic E-state index is 12.4. The lowest BCUT2D eigenvalue weighted by atomic mass is 10.2. The van der Waals surface area contributed by atoms with Gasteiger partial charge in [-0.25, -0.2) is 9.48 Å². The number of hydrogen-bond donors (Lipinski definition) is 0. The highest BCUT2D eigenvalue weighted by molar-refractivity contribution is 7.98. The summed E-state index contributed by atoms with van der Waals surface area (Å²) >= 11 is 7.41. The number of nitrogens with zero attached hydrogens (tertiary/aromatic N) is 3. The maximum Gasteiger partial charge on any atom is 0.573 e. The van der Waals surface area contributed by atoms with Gasteiger partial charge in [0.2, 0.25) is 0 Å². The number of aryl methyl sites for hydroxylation is 1. The maximum absolute atomic E-state index is 12.4. The molecule has 0 aliphatic rings. The first-order valence-corrected chi connectivity index (χ1v) is 11.0. The number of alkyl halides is 3. The zero-order valence-corrected chi connectivity index (χ0v) is 19.1. The number of carbonyl (C=O) groups is 1. The first kappa shape index (κ1) is 24.7. The number of benzene rings is 2. The number of halogens is 4. The molecule has 7 nitrogen and oxygen atoms in total. The van der Waals surface area contributed by atoms with Gasteiger partial charge in [-0.1, -0.05) is 16.8 Å². The molecule has 0 aliphatic heterocycles. The highest BCUT2D eigenvalue weighted by Crippen LogP contribution is 2.32. The van der Waals surface area contributed by atoms with Crippen molar-refractivity contribution in [2.24, 2.45) is 0 Å². The highest BCUT2D eigenvalue weighted by Gasteiger charge is 2.32. The van der Waals surface area contributed by atoms with Gasteiger partial charge in [0.05, 0.1) is 29.2 Å². The van der Waals surface area contributed by atoms with Crippen molar-refractivity contribution in [1.82, 2.24) is 15.0 Å². The van der Waals surface area contributed by atoms with Crippen LogP contribution in [0.25, 0.3) is 5.69 Å².